The number of hydrogen-bond donors (Lipinski definition) is 2. The van der Waals surface area contributed by atoms with E-state index in [-0.39, 0.29) is 0 Å². The van der Waals surface area contributed by atoms with Gasteiger partial charge in [-0.1, -0.05) is 0 Å². The van der Waals surface area contributed by atoms with Crippen LogP contribution in [0.5, 0.6) is 0 Å². The maximum Gasteiger partial charge on any atom is 0.460 e. The molecule has 1 unspecified atom stereocenters. The van der Waals surface area contributed by atoms with Crippen LogP contribution in [0.3, 0.4) is 0 Å². The van der Waals surface area contributed by atoms with E-state index >= 15 is 0 Å². The van der Waals surface area contributed by atoms with Crippen LogP contribution in [-0.4, -0.2) is 60.6 Å². The van der Waals surface area contributed by atoms with Crippen molar-refractivity contribution in [2.24, 2.45) is 0 Å². The van der Waals surface area contributed by atoms with Gasteiger partial charge in [-0.2, -0.15) is 57.1 Å². The zero-order chi connectivity index (χ0) is 20.7. The zero-order valence-corrected chi connectivity index (χ0v) is 11.9. The van der Waals surface area contributed by atoms with Crippen molar-refractivity contribution in [3.8, 4) is 0 Å². The van der Waals surface area contributed by atoms with Gasteiger partial charge in [0.2, 0.25) is 0 Å². The van der Waals surface area contributed by atoms with Gasteiger partial charge in [0.1, 0.15) is 0 Å². The third-order valence-corrected chi connectivity index (χ3v) is 2.93. The summed E-state index contributed by atoms with van der Waals surface area (Å²) >= 11 is 0. The van der Waals surface area contributed by atoms with Gasteiger partial charge in [-0.15, -0.1) is 0 Å². The maximum atomic E-state index is 13.2. The van der Waals surface area contributed by atoms with Crippen molar-refractivity contribution < 1.29 is 62.2 Å². The van der Waals surface area contributed by atoms with Crippen molar-refractivity contribution in [2.75, 3.05) is 13.6 Å². The second kappa shape index (κ2) is 6.63. The van der Waals surface area contributed by atoms with E-state index < -0.39 is 54.9 Å². The van der Waals surface area contributed by atoms with Crippen molar-refractivity contribution in [3.63, 3.8) is 0 Å². The lowest BCUT2D eigenvalue weighted by Gasteiger charge is -2.40. The first kappa shape index (κ1) is 24.0. The third kappa shape index (κ3) is 3.75. The monoisotopic (exact) mass is 407 g/mol. The van der Waals surface area contributed by atoms with Crippen molar-refractivity contribution in [3.05, 3.63) is 0 Å². The highest BCUT2D eigenvalue weighted by atomic mass is 19.4. The van der Waals surface area contributed by atoms with Crippen LogP contribution in [0.4, 0.5) is 57.1 Å². The topological polar surface area (TPSA) is 32.3 Å². The number of halogens is 13. The van der Waals surface area contributed by atoms with E-state index in [0.717, 1.165) is 7.05 Å². The zero-order valence-electron chi connectivity index (χ0n) is 11.9. The van der Waals surface area contributed by atoms with E-state index in [1.807, 2.05) is 5.32 Å². The predicted octanol–water partition coefficient (Wildman–Crippen LogP) is 3.70. The predicted molar refractivity (Wildman–Crippen MR) is 55.3 cm³/mol. The third-order valence-electron chi connectivity index (χ3n) is 2.93. The highest BCUT2D eigenvalue weighted by Gasteiger charge is 2.90. The summed E-state index contributed by atoms with van der Waals surface area (Å²) < 4.78 is 165. The molecule has 0 aromatic heterocycles. The molecule has 0 bridgehead atoms. The Morgan fingerprint density at radius 2 is 1.04 bits per heavy atom. The van der Waals surface area contributed by atoms with Crippen LogP contribution in [0.2, 0.25) is 0 Å². The number of likely N-dealkylation sites (N-methyl/N-ethyl adjacent to an activating group) is 1. The fraction of sp³-hybridized carbons (Fsp3) is 1.00. The van der Waals surface area contributed by atoms with Crippen molar-refractivity contribution in [1.29, 1.82) is 0 Å². The molecule has 25 heavy (non-hydrogen) atoms. The summed E-state index contributed by atoms with van der Waals surface area (Å²) in [6.45, 7) is -0.924. The number of rotatable bonds is 8. The van der Waals surface area contributed by atoms with Crippen molar-refractivity contribution in [1.82, 2.24) is 5.32 Å². The van der Waals surface area contributed by atoms with E-state index in [2.05, 4.69) is 0 Å². The molecular formula is C10H10F13NO. The van der Waals surface area contributed by atoms with Gasteiger partial charge in [0.25, 0.3) is 0 Å². The minimum atomic E-state index is -7.92. The molecule has 15 heteroatoms. The Balaban J connectivity index is 6.03. The number of nitrogens with one attached hydrogen (secondary N) is 1. The molecule has 0 saturated carbocycles. The second-order valence-electron chi connectivity index (χ2n) is 4.92. The molecule has 152 valence electrons. The maximum absolute atomic E-state index is 13.2. The smallest absolute Gasteiger partial charge is 0.392 e. The molecule has 0 radical (unpaired) electrons. The molecule has 0 amide bonds. The van der Waals surface area contributed by atoms with Crippen molar-refractivity contribution in [2.45, 2.75) is 48.3 Å². The van der Waals surface area contributed by atoms with Crippen LogP contribution in [0.25, 0.3) is 0 Å². The number of aliphatic hydroxyl groups excluding tert-OH is 1. The Bertz CT molecular complexity index is 458. The van der Waals surface area contributed by atoms with Gasteiger partial charge in [0.05, 0.1) is 6.10 Å². The minimum absolute atomic E-state index is 0.924. The number of alkyl halides is 13. The average molecular weight is 407 g/mol. The fourth-order valence-electron chi connectivity index (χ4n) is 1.53. The van der Waals surface area contributed by atoms with Gasteiger partial charge in [-0.3, -0.25) is 0 Å². The quantitative estimate of drug-likeness (QED) is 0.602. The molecular weight excluding hydrogens is 397 g/mol. The molecule has 0 saturated heterocycles. The molecule has 2 N–H and O–H groups in total. The molecule has 0 rings (SSSR count). The molecule has 0 aliphatic heterocycles. The van der Waals surface area contributed by atoms with Crippen LogP contribution in [0.1, 0.15) is 6.42 Å². The summed E-state index contributed by atoms with van der Waals surface area (Å²) in [4.78, 5) is 0. The lowest BCUT2D eigenvalue weighted by molar-refractivity contribution is -0.440. The van der Waals surface area contributed by atoms with Gasteiger partial charge in [0, 0.05) is 13.0 Å². The minimum Gasteiger partial charge on any atom is -0.392 e. The Labute approximate surface area is 131 Å². The summed E-state index contributed by atoms with van der Waals surface area (Å²) in [5.74, 6) is -37.1. The molecule has 0 aliphatic carbocycles. The summed E-state index contributed by atoms with van der Waals surface area (Å²) in [5.41, 5.74) is 0. The van der Waals surface area contributed by atoms with Gasteiger partial charge in [0.15, 0.2) is 0 Å². The molecule has 0 spiro atoms. The van der Waals surface area contributed by atoms with Gasteiger partial charge < -0.3 is 10.4 Å². The molecule has 0 aliphatic rings. The number of aliphatic hydroxyl groups is 1. The standard InChI is InChI=1S/C10H10F13NO/c1-24-3-4(25)2-5(11,12)6(13,14)7(15,16)8(17,18)9(19,20)10(21,22)23/h4,24-25H,2-3H2,1H3. The van der Waals surface area contributed by atoms with Crippen molar-refractivity contribution >= 4 is 0 Å². The van der Waals surface area contributed by atoms with Gasteiger partial charge in [-0.25, -0.2) is 0 Å². The van der Waals surface area contributed by atoms with E-state index in [4.69, 9.17) is 5.11 Å². The Kier molecular flexibility index (Phi) is 6.37. The lowest BCUT2D eigenvalue weighted by Crippen LogP contribution is -2.70. The molecule has 2 nitrogen and oxygen atoms in total. The Morgan fingerprint density at radius 1 is 0.680 bits per heavy atom. The van der Waals surface area contributed by atoms with E-state index in [9.17, 15) is 57.1 Å². The van der Waals surface area contributed by atoms with Crippen LogP contribution in [-0.2, 0) is 0 Å². The Morgan fingerprint density at radius 3 is 1.36 bits per heavy atom. The summed E-state index contributed by atoms with van der Waals surface area (Å²) in [6.07, 6.45) is -12.6. The first-order chi connectivity index (χ1) is 10.7. The lowest BCUT2D eigenvalue weighted by atomic mass is 9.91. The van der Waals surface area contributed by atoms with E-state index in [1.54, 1.807) is 0 Å². The normalized spacial score (nSPS) is 16.9. The summed E-state index contributed by atoms with van der Waals surface area (Å²) in [6, 6.07) is 0. The molecule has 0 heterocycles. The highest BCUT2D eigenvalue weighted by molar-refractivity contribution is 5.10. The summed E-state index contributed by atoms with van der Waals surface area (Å²) in [5, 5.41) is 10.8. The van der Waals surface area contributed by atoms with E-state index in [0.29, 0.717) is 0 Å². The fourth-order valence-corrected chi connectivity index (χ4v) is 1.53. The SMILES string of the molecule is CNCC(O)CC(F)(F)C(F)(F)C(F)(F)C(F)(F)C(F)(F)C(F)(F)F. The average Bonchev–Trinajstić information content (AvgIpc) is 2.35. The number of hydrogen-bond acceptors (Lipinski definition) is 2. The van der Waals surface area contributed by atoms with Crippen LogP contribution in [0, 0.1) is 0 Å². The first-order valence-electron chi connectivity index (χ1n) is 5.99. The van der Waals surface area contributed by atoms with Gasteiger partial charge in [-0.05, 0) is 7.05 Å². The second-order valence-corrected chi connectivity index (χ2v) is 4.92. The van der Waals surface area contributed by atoms with Crippen LogP contribution in [0.15, 0.2) is 0 Å². The first-order valence-corrected chi connectivity index (χ1v) is 5.99. The molecule has 0 fully saturated rings. The molecule has 0 aromatic rings. The Hall–Kier alpha value is -0.990. The van der Waals surface area contributed by atoms with Gasteiger partial charge >= 0.3 is 35.8 Å². The summed E-state index contributed by atoms with van der Waals surface area (Å²) in [7, 11) is 0.978. The largest absolute Gasteiger partial charge is 0.460 e. The highest BCUT2D eigenvalue weighted by Crippen LogP contribution is 2.60. The van der Waals surface area contributed by atoms with Crippen LogP contribution >= 0.6 is 0 Å². The molecule has 1 atom stereocenters. The van der Waals surface area contributed by atoms with E-state index in [1.165, 1.54) is 0 Å². The molecule has 0 aromatic carbocycles. The van der Waals surface area contributed by atoms with Crippen LogP contribution < -0.4 is 5.32 Å².